The van der Waals surface area contributed by atoms with Crippen LogP contribution in [0.1, 0.15) is 59.8 Å². The number of hydrogen-bond acceptors (Lipinski definition) is 6. The van der Waals surface area contributed by atoms with E-state index in [1.807, 2.05) is 21.7 Å². The summed E-state index contributed by atoms with van der Waals surface area (Å²) in [7, 11) is 1.48. The molecular formula is C24H29N5O3. The zero-order valence-electron chi connectivity index (χ0n) is 18.6. The Labute approximate surface area is 187 Å². The molecule has 2 saturated heterocycles. The average Bonchev–Trinajstić information content (AvgIpc) is 3.48. The molecule has 32 heavy (non-hydrogen) atoms. The summed E-state index contributed by atoms with van der Waals surface area (Å²) in [6.45, 7) is 4.78. The van der Waals surface area contributed by atoms with Gasteiger partial charge in [-0.25, -0.2) is 9.50 Å². The summed E-state index contributed by atoms with van der Waals surface area (Å²) >= 11 is 0. The van der Waals surface area contributed by atoms with Crippen molar-refractivity contribution >= 4 is 17.4 Å². The molecule has 0 spiro atoms. The second-order valence-corrected chi connectivity index (χ2v) is 8.68. The Balaban J connectivity index is 1.49. The minimum absolute atomic E-state index is 0.119. The third kappa shape index (κ3) is 3.53. The molecule has 8 nitrogen and oxygen atoms in total. The second kappa shape index (κ2) is 8.33. The molecule has 2 aromatic heterocycles. The molecule has 1 atom stereocenters. The fraction of sp³-hybridized carbons (Fsp3) is 0.458. The van der Waals surface area contributed by atoms with Crippen LogP contribution in [0.2, 0.25) is 0 Å². The van der Waals surface area contributed by atoms with Crippen LogP contribution in [-0.2, 0) is 0 Å². The molecule has 1 N–H and O–H groups in total. The lowest BCUT2D eigenvalue weighted by Crippen LogP contribution is -2.38. The number of aromatic hydroxyl groups is 1. The number of anilines is 1. The van der Waals surface area contributed by atoms with Crippen molar-refractivity contribution in [1.29, 1.82) is 0 Å². The minimum atomic E-state index is -0.204. The van der Waals surface area contributed by atoms with Gasteiger partial charge in [0.1, 0.15) is 5.82 Å². The van der Waals surface area contributed by atoms with Crippen LogP contribution in [0.4, 0.5) is 5.82 Å². The number of benzene rings is 1. The van der Waals surface area contributed by atoms with Crippen LogP contribution >= 0.6 is 0 Å². The Morgan fingerprint density at radius 2 is 1.94 bits per heavy atom. The molecule has 1 amide bonds. The number of carbonyl (C=O) groups is 1. The van der Waals surface area contributed by atoms with E-state index in [1.54, 1.807) is 18.2 Å². The Morgan fingerprint density at radius 3 is 2.72 bits per heavy atom. The van der Waals surface area contributed by atoms with E-state index in [-0.39, 0.29) is 23.3 Å². The highest BCUT2D eigenvalue weighted by Gasteiger charge is 2.32. The number of ether oxygens (including phenoxy) is 1. The van der Waals surface area contributed by atoms with Gasteiger partial charge in [-0.2, -0.15) is 5.10 Å². The van der Waals surface area contributed by atoms with E-state index < -0.39 is 0 Å². The zero-order valence-corrected chi connectivity index (χ0v) is 18.6. The van der Waals surface area contributed by atoms with Gasteiger partial charge in [-0.1, -0.05) is 6.07 Å². The normalized spacial score (nSPS) is 19.0. The van der Waals surface area contributed by atoms with Crippen LogP contribution in [0, 0.1) is 6.92 Å². The fourth-order valence-electron chi connectivity index (χ4n) is 4.93. The number of piperidine rings is 1. The number of amides is 1. The third-order valence-electron chi connectivity index (χ3n) is 6.58. The Kier molecular flexibility index (Phi) is 5.36. The van der Waals surface area contributed by atoms with Gasteiger partial charge in [-0.05, 0) is 51.2 Å². The summed E-state index contributed by atoms with van der Waals surface area (Å²) in [4.78, 5) is 22.5. The first-order valence-corrected chi connectivity index (χ1v) is 11.4. The molecule has 5 rings (SSSR count). The van der Waals surface area contributed by atoms with E-state index in [0.717, 1.165) is 55.1 Å². The summed E-state index contributed by atoms with van der Waals surface area (Å²) in [5.74, 6) is 1.00. The Morgan fingerprint density at radius 1 is 1.16 bits per heavy atom. The molecule has 2 fully saturated rings. The predicted molar refractivity (Wildman–Crippen MR) is 121 cm³/mol. The zero-order chi connectivity index (χ0) is 22.2. The van der Waals surface area contributed by atoms with E-state index in [4.69, 9.17) is 14.8 Å². The molecule has 2 aliphatic rings. The van der Waals surface area contributed by atoms with Crippen molar-refractivity contribution in [2.75, 3.05) is 31.6 Å². The smallest absolute Gasteiger partial charge is 0.258 e. The topological polar surface area (TPSA) is 83.2 Å². The maximum Gasteiger partial charge on any atom is 0.258 e. The van der Waals surface area contributed by atoms with E-state index in [2.05, 4.69) is 11.8 Å². The summed E-state index contributed by atoms with van der Waals surface area (Å²) < 4.78 is 7.01. The Bertz CT molecular complexity index is 1150. The molecule has 168 valence electrons. The maximum absolute atomic E-state index is 13.4. The predicted octanol–water partition coefficient (Wildman–Crippen LogP) is 3.72. The molecule has 0 aliphatic carbocycles. The first-order chi connectivity index (χ1) is 15.6. The molecule has 8 heteroatoms. The molecular weight excluding hydrogens is 406 g/mol. The molecule has 0 unspecified atom stereocenters. The third-order valence-corrected chi connectivity index (χ3v) is 6.58. The highest BCUT2D eigenvalue weighted by atomic mass is 16.5. The van der Waals surface area contributed by atoms with Crippen molar-refractivity contribution in [3.8, 4) is 11.5 Å². The number of carbonyl (C=O) groups excluding carboxylic acids is 1. The van der Waals surface area contributed by atoms with Crippen molar-refractivity contribution in [3.05, 3.63) is 47.3 Å². The van der Waals surface area contributed by atoms with Gasteiger partial charge in [-0.3, -0.25) is 4.79 Å². The van der Waals surface area contributed by atoms with Crippen molar-refractivity contribution < 1.29 is 14.6 Å². The van der Waals surface area contributed by atoms with Gasteiger partial charge in [0.2, 0.25) is 0 Å². The lowest BCUT2D eigenvalue weighted by Gasteiger charge is -2.35. The standard InChI is InChI=1S/C24H29N5O3/c1-16-15-29-21(25-23(16)27-11-5-6-12-27)14-18(26-29)19-9-3-4-13-28(19)24(31)17-8-7-10-20(32-2)22(17)30/h7-8,10,14-15,19,30H,3-6,9,11-13H2,1-2H3/t19-/m0/s1. The monoisotopic (exact) mass is 435 g/mol. The molecule has 1 aromatic carbocycles. The average molecular weight is 436 g/mol. The fourth-order valence-corrected chi connectivity index (χ4v) is 4.93. The first-order valence-electron chi connectivity index (χ1n) is 11.4. The lowest BCUT2D eigenvalue weighted by atomic mass is 9.98. The van der Waals surface area contributed by atoms with E-state index in [1.165, 1.54) is 20.0 Å². The van der Waals surface area contributed by atoms with Gasteiger partial charge in [-0.15, -0.1) is 0 Å². The molecule has 4 heterocycles. The van der Waals surface area contributed by atoms with Crippen LogP contribution in [0.15, 0.2) is 30.5 Å². The number of fused-ring (bicyclic) bond motifs is 1. The van der Waals surface area contributed by atoms with Crippen molar-refractivity contribution in [2.24, 2.45) is 0 Å². The number of aryl methyl sites for hydroxylation is 1. The van der Waals surface area contributed by atoms with E-state index in [0.29, 0.717) is 12.3 Å². The van der Waals surface area contributed by atoms with Crippen LogP contribution in [0.25, 0.3) is 5.65 Å². The number of phenolic OH excluding ortho intramolecular Hbond substituents is 1. The molecule has 2 aliphatic heterocycles. The summed E-state index contributed by atoms with van der Waals surface area (Å²) in [6, 6.07) is 6.86. The largest absolute Gasteiger partial charge is 0.504 e. The van der Waals surface area contributed by atoms with E-state index in [9.17, 15) is 9.90 Å². The van der Waals surface area contributed by atoms with Gasteiger partial charge >= 0.3 is 0 Å². The highest BCUT2D eigenvalue weighted by Crippen LogP contribution is 2.36. The SMILES string of the molecule is COc1cccc(C(=O)N2CCCC[C@H]2c2cc3nc(N4CCCC4)c(C)cn3n2)c1O. The maximum atomic E-state index is 13.4. The van der Waals surface area contributed by atoms with Gasteiger partial charge in [0.05, 0.1) is 24.4 Å². The summed E-state index contributed by atoms with van der Waals surface area (Å²) in [6.07, 6.45) is 7.22. The van der Waals surface area contributed by atoms with Gasteiger partial charge in [0, 0.05) is 37.5 Å². The highest BCUT2D eigenvalue weighted by molar-refractivity contribution is 5.98. The molecule has 3 aromatic rings. The van der Waals surface area contributed by atoms with Crippen molar-refractivity contribution in [3.63, 3.8) is 0 Å². The number of methoxy groups -OCH3 is 1. The number of phenols is 1. The molecule has 0 bridgehead atoms. The van der Waals surface area contributed by atoms with E-state index >= 15 is 0 Å². The minimum Gasteiger partial charge on any atom is -0.504 e. The molecule has 0 radical (unpaired) electrons. The van der Waals surface area contributed by atoms with Gasteiger partial charge < -0.3 is 19.6 Å². The number of para-hydroxylation sites is 1. The van der Waals surface area contributed by atoms with Crippen molar-refractivity contribution in [1.82, 2.24) is 19.5 Å². The van der Waals surface area contributed by atoms with Crippen LogP contribution in [0.5, 0.6) is 11.5 Å². The van der Waals surface area contributed by atoms with Crippen LogP contribution < -0.4 is 9.64 Å². The number of aromatic nitrogens is 3. The number of likely N-dealkylation sites (tertiary alicyclic amines) is 1. The number of hydrogen-bond donors (Lipinski definition) is 1. The first kappa shape index (κ1) is 20.6. The Hall–Kier alpha value is -3.29. The van der Waals surface area contributed by atoms with Gasteiger partial charge in [0.25, 0.3) is 5.91 Å². The second-order valence-electron chi connectivity index (χ2n) is 8.68. The number of rotatable bonds is 4. The van der Waals surface area contributed by atoms with Crippen LogP contribution in [-0.4, -0.2) is 57.3 Å². The number of nitrogens with zero attached hydrogens (tertiary/aromatic N) is 5. The van der Waals surface area contributed by atoms with Crippen molar-refractivity contribution in [2.45, 2.75) is 45.1 Å². The van der Waals surface area contributed by atoms with Crippen LogP contribution in [0.3, 0.4) is 0 Å². The lowest BCUT2D eigenvalue weighted by molar-refractivity contribution is 0.0602. The van der Waals surface area contributed by atoms with Gasteiger partial charge in [0.15, 0.2) is 17.1 Å². The quantitative estimate of drug-likeness (QED) is 0.673. The summed E-state index contributed by atoms with van der Waals surface area (Å²) in [5, 5.41) is 15.3. The summed E-state index contributed by atoms with van der Waals surface area (Å²) in [5.41, 5.74) is 3.00. The molecule has 0 saturated carbocycles.